The Morgan fingerprint density at radius 2 is 1.70 bits per heavy atom. The van der Waals surface area contributed by atoms with Crippen LogP contribution in [0.5, 0.6) is 0 Å². The van der Waals surface area contributed by atoms with E-state index in [0.29, 0.717) is 5.56 Å². The highest BCUT2D eigenvalue weighted by atomic mass is 17.2. The minimum Gasteiger partial charge on any atom is -0.292 e. The molecule has 3 heteroatoms. The zero-order valence-electron chi connectivity index (χ0n) is 12.8. The Kier molecular flexibility index (Phi) is 7.97. The summed E-state index contributed by atoms with van der Waals surface area (Å²) in [6, 6.07) is 7.39. The fraction of sp³-hybridized carbons (Fsp3) is 0.529. The van der Waals surface area contributed by atoms with Gasteiger partial charge in [-0.1, -0.05) is 51.7 Å². The van der Waals surface area contributed by atoms with E-state index in [0.717, 1.165) is 25.4 Å². The molecule has 0 spiro atoms. The molecule has 0 aliphatic heterocycles. The van der Waals surface area contributed by atoms with E-state index in [1.54, 1.807) is 12.1 Å². The Morgan fingerprint density at radius 3 is 2.30 bits per heavy atom. The van der Waals surface area contributed by atoms with Gasteiger partial charge in [0.15, 0.2) is 0 Å². The fourth-order valence-corrected chi connectivity index (χ4v) is 1.88. The fourth-order valence-electron chi connectivity index (χ4n) is 1.88. The molecule has 0 amide bonds. The van der Waals surface area contributed by atoms with Gasteiger partial charge in [0.1, 0.15) is 6.10 Å². The summed E-state index contributed by atoms with van der Waals surface area (Å²) in [5.74, 6) is -0.444. The molecule has 20 heavy (non-hydrogen) atoms. The van der Waals surface area contributed by atoms with E-state index in [-0.39, 0.29) is 0 Å². The number of benzene rings is 1. The highest BCUT2D eigenvalue weighted by Crippen LogP contribution is 2.15. The van der Waals surface area contributed by atoms with E-state index >= 15 is 0 Å². The zero-order chi connectivity index (χ0) is 14.8. The summed E-state index contributed by atoms with van der Waals surface area (Å²) in [6.07, 6.45) is 7.24. The predicted octanol–water partition coefficient (Wildman–Crippen LogP) is 4.86. The van der Waals surface area contributed by atoms with Crippen molar-refractivity contribution in [3.63, 3.8) is 0 Å². The first kappa shape index (κ1) is 16.7. The van der Waals surface area contributed by atoms with Crippen LogP contribution in [0, 0.1) is 6.10 Å². The van der Waals surface area contributed by atoms with Crippen molar-refractivity contribution in [2.45, 2.75) is 59.3 Å². The van der Waals surface area contributed by atoms with Crippen molar-refractivity contribution in [2.75, 3.05) is 0 Å². The van der Waals surface area contributed by atoms with Crippen LogP contribution in [0.2, 0.25) is 0 Å². The van der Waals surface area contributed by atoms with Gasteiger partial charge in [0.25, 0.3) is 0 Å². The first-order valence-electron chi connectivity index (χ1n) is 7.47. The van der Waals surface area contributed by atoms with Crippen molar-refractivity contribution in [1.29, 1.82) is 0 Å². The van der Waals surface area contributed by atoms with Gasteiger partial charge in [0, 0.05) is 0 Å². The molecule has 0 fully saturated rings. The van der Waals surface area contributed by atoms with Gasteiger partial charge in [-0.3, -0.25) is 4.89 Å². The lowest BCUT2D eigenvalue weighted by Crippen LogP contribution is -2.08. The third kappa shape index (κ3) is 6.20. The molecule has 1 aromatic rings. The van der Waals surface area contributed by atoms with E-state index in [1.807, 2.05) is 19.1 Å². The maximum atomic E-state index is 11.8. The minimum absolute atomic E-state index is 0.444. The van der Waals surface area contributed by atoms with Gasteiger partial charge in [0.05, 0.1) is 5.56 Å². The summed E-state index contributed by atoms with van der Waals surface area (Å²) in [5.41, 5.74) is 1.71. The molecule has 0 saturated heterocycles. The number of carbonyl (C=O) groups is 1. The van der Waals surface area contributed by atoms with Crippen LogP contribution in [0.25, 0.3) is 0 Å². The Morgan fingerprint density at radius 1 is 1.00 bits per heavy atom. The quantitative estimate of drug-likeness (QED) is 0.367. The van der Waals surface area contributed by atoms with Crippen LogP contribution < -0.4 is 0 Å². The first-order valence-corrected chi connectivity index (χ1v) is 7.47. The van der Waals surface area contributed by atoms with Crippen LogP contribution in [0.3, 0.4) is 0 Å². The summed E-state index contributed by atoms with van der Waals surface area (Å²) >= 11 is 0. The maximum absolute atomic E-state index is 11.8. The lowest BCUT2D eigenvalue weighted by Gasteiger charge is -2.10. The lowest BCUT2D eigenvalue weighted by atomic mass is 10.1. The molecule has 0 bridgehead atoms. The minimum atomic E-state index is -0.444. The average molecular weight is 277 g/mol. The highest BCUT2D eigenvalue weighted by molar-refractivity contribution is 5.88. The largest absolute Gasteiger partial charge is 0.373 e. The van der Waals surface area contributed by atoms with E-state index in [4.69, 9.17) is 9.78 Å². The third-order valence-corrected chi connectivity index (χ3v) is 3.24. The van der Waals surface area contributed by atoms with Crippen LogP contribution >= 0.6 is 0 Å². The normalized spacial score (nSPS) is 10.8. The molecule has 1 radical (unpaired) electrons. The molecule has 3 nitrogen and oxygen atoms in total. The predicted molar refractivity (Wildman–Crippen MR) is 80.0 cm³/mol. The van der Waals surface area contributed by atoms with Gasteiger partial charge in [-0.25, -0.2) is 4.79 Å². The van der Waals surface area contributed by atoms with Gasteiger partial charge in [-0.15, -0.1) is 0 Å². The molecule has 0 heterocycles. The molecule has 1 rings (SSSR count). The summed E-state index contributed by atoms with van der Waals surface area (Å²) in [5, 5.41) is 0. The van der Waals surface area contributed by atoms with Gasteiger partial charge >= 0.3 is 5.97 Å². The molecule has 0 saturated carbocycles. The molecule has 1 aromatic carbocycles. The monoisotopic (exact) mass is 277 g/mol. The van der Waals surface area contributed by atoms with Gasteiger partial charge in [-0.2, -0.15) is 4.89 Å². The summed E-state index contributed by atoms with van der Waals surface area (Å²) in [4.78, 5) is 21.7. The topological polar surface area (TPSA) is 35.5 Å². The van der Waals surface area contributed by atoms with Crippen molar-refractivity contribution < 1.29 is 14.6 Å². The Balaban J connectivity index is 2.27. The molecular formula is C17H25O3. The molecule has 111 valence electrons. The Bertz CT molecular complexity index is 384. The molecule has 0 unspecified atom stereocenters. The third-order valence-electron chi connectivity index (χ3n) is 3.24. The highest BCUT2D eigenvalue weighted by Gasteiger charge is 2.11. The van der Waals surface area contributed by atoms with E-state index in [1.165, 1.54) is 24.8 Å². The van der Waals surface area contributed by atoms with Crippen LogP contribution in [-0.2, 0) is 16.2 Å². The standard InChI is InChI=1S/C17H25O3/c1-4-6-7-8-9-14(3)19-20-17(18)16-12-10-15(5-2)11-13-16/h10-13H,4-9H2,1-3H3. The van der Waals surface area contributed by atoms with Gasteiger partial charge in [-0.05, 0) is 37.5 Å². The van der Waals surface area contributed by atoms with E-state index < -0.39 is 5.97 Å². The van der Waals surface area contributed by atoms with Crippen LogP contribution in [-0.4, -0.2) is 5.97 Å². The number of unbranched alkanes of at least 4 members (excludes halogenated alkanes) is 3. The summed E-state index contributed by atoms with van der Waals surface area (Å²) in [6.45, 7) is 6.10. The number of rotatable bonds is 9. The summed E-state index contributed by atoms with van der Waals surface area (Å²) < 4.78 is 0. The average Bonchev–Trinajstić information content (AvgIpc) is 2.49. The van der Waals surface area contributed by atoms with Crippen LogP contribution in [0.15, 0.2) is 24.3 Å². The Hall–Kier alpha value is -1.35. The number of aryl methyl sites for hydroxylation is 1. The lowest BCUT2D eigenvalue weighted by molar-refractivity contribution is -0.233. The van der Waals surface area contributed by atoms with Gasteiger partial charge < -0.3 is 0 Å². The van der Waals surface area contributed by atoms with E-state index in [2.05, 4.69) is 13.8 Å². The second-order valence-corrected chi connectivity index (χ2v) is 5.02. The molecule has 0 aromatic heterocycles. The van der Waals surface area contributed by atoms with Crippen LogP contribution in [0.1, 0.15) is 68.8 Å². The number of hydrogen-bond donors (Lipinski definition) is 0. The number of carbonyl (C=O) groups excluding carboxylic acids is 1. The van der Waals surface area contributed by atoms with E-state index in [9.17, 15) is 4.79 Å². The van der Waals surface area contributed by atoms with Crippen molar-refractivity contribution in [3.8, 4) is 0 Å². The maximum Gasteiger partial charge on any atom is 0.373 e. The second kappa shape index (κ2) is 9.54. The Labute approximate surface area is 122 Å². The van der Waals surface area contributed by atoms with Crippen molar-refractivity contribution in [1.82, 2.24) is 0 Å². The summed E-state index contributed by atoms with van der Waals surface area (Å²) in [7, 11) is 0. The van der Waals surface area contributed by atoms with Crippen LogP contribution in [0.4, 0.5) is 0 Å². The van der Waals surface area contributed by atoms with Crippen molar-refractivity contribution >= 4 is 5.97 Å². The van der Waals surface area contributed by atoms with Crippen molar-refractivity contribution in [2.24, 2.45) is 0 Å². The van der Waals surface area contributed by atoms with Gasteiger partial charge in [0.2, 0.25) is 0 Å². The molecule has 0 atom stereocenters. The SMILES string of the molecule is CCCCCC[C](C)OOC(=O)c1ccc(CC)cc1. The second-order valence-electron chi connectivity index (χ2n) is 5.02. The molecular weight excluding hydrogens is 252 g/mol. The molecule has 0 aliphatic carbocycles. The zero-order valence-corrected chi connectivity index (χ0v) is 12.8. The molecule has 0 N–H and O–H groups in total. The first-order chi connectivity index (χ1) is 9.67. The van der Waals surface area contributed by atoms with Crippen molar-refractivity contribution in [3.05, 3.63) is 41.5 Å². The smallest absolute Gasteiger partial charge is 0.292 e. The number of hydrogen-bond acceptors (Lipinski definition) is 3. The molecule has 0 aliphatic rings.